The van der Waals surface area contributed by atoms with Crippen LogP contribution in [0.2, 0.25) is 0 Å². The first-order valence-corrected chi connectivity index (χ1v) is 10.4. The molecule has 3 N–H and O–H groups in total. The fourth-order valence-corrected chi connectivity index (χ4v) is 4.28. The maximum atomic E-state index is 12.7. The van der Waals surface area contributed by atoms with E-state index < -0.39 is 10.0 Å². The smallest absolute Gasteiger partial charge is 0.261 e. The van der Waals surface area contributed by atoms with Crippen molar-refractivity contribution in [1.82, 2.24) is 9.88 Å². The Hall–Kier alpha value is -2.45. The summed E-state index contributed by atoms with van der Waals surface area (Å²) in [6.45, 7) is 3.31. The zero-order valence-corrected chi connectivity index (χ0v) is 16.0. The van der Waals surface area contributed by atoms with Gasteiger partial charge >= 0.3 is 0 Å². The standard InChI is InChI=1S/C19H24N4O3S/c1-14(20)16-3-2-12-23(13-16)19(24)15-4-6-18(7-5-15)27(25,26)22-17-8-10-21-11-9-17/h4-11,14,16H,2-3,12-13,20H2,1H3,(H,21,22). The highest BCUT2D eigenvalue weighted by atomic mass is 32.2. The number of pyridine rings is 1. The Bertz CT molecular complexity index is 883. The molecule has 0 bridgehead atoms. The lowest BCUT2D eigenvalue weighted by atomic mass is 9.92. The third-order valence-electron chi connectivity index (χ3n) is 4.83. The molecule has 3 rings (SSSR count). The number of sulfonamides is 1. The number of hydrogen-bond acceptors (Lipinski definition) is 5. The second-order valence-corrected chi connectivity index (χ2v) is 8.56. The average molecular weight is 388 g/mol. The van der Waals surface area contributed by atoms with Gasteiger partial charge in [0.05, 0.1) is 10.6 Å². The molecular weight excluding hydrogens is 364 g/mol. The largest absolute Gasteiger partial charge is 0.338 e. The van der Waals surface area contributed by atoms with Crippen molar-refractivity contribution in [2.24, 2.45) is 11.7 Å². The molecule has 1 aromatic carbocycles. The average Bonchev–Trinajstić information content (AvgIpc) is 2.68. The molecule has 2 aromatic rings. The van der Waals surface area contributed by atoms with Crippen LogP contribution < -0.4 is 10.5 Å². The number of amides is 1. The predicted molar refractivity (Wildman–Crippen MR) is 104 cm³/mol. The summed E-state index contributed by atoms with van der Waals surface area (Å²) in [5.41, 5.74) is 6.89. The Labute approximate surface area is 159 Å². The fourth-order valence-electron chi connectivity index (χ4n) is 3.22. The zero-order chi connectivity index (χ0) is 19.4. The molecule has 1 aliphatic rings. The van der Waals surface area contributed by atoms with E-state index in [9.17, 15) is 13.2 Å². The molecule has 2 unspecified atom stereocenters. The van der Waals surface area contributed by atoms with Gasteiger partial charge in [-0.25, -0.2) is 8.42 Å². The van der Waals surface area contributed by atoms with Crippen LogP contribution in [0.1, 0.15) is 30.1 Å². The Morgan fingerprint density at radius 2 is 1.89 bits per heavy atom. The predicted octanol–water partition coefficient (Wildman–Crippen LogP) is 2.08. The number of carbonyl (C=O) groups excluding carboxylic acids is 1. The van der Waals surface area contributed by atoms with E-state index in [-0.39, 0.29) is 16.8 Å². The van der Waals surface area contributed by atoms with E-state index in [1.54, 1.807) is 29.2 Å². The lowest BCUT2D eigenvalue weighted by Gasteiger charge is -2.34. The summed E-state index contributed by atoms with van der Waals surface area (Å²) in [7, 11) is -3.72. The van der Waals surface area contributed by atoms with Gasteiger partial charge in [0.15, 0.2) is 0 Å². The fraction of sp³-hybridized carbons (Fsp3) is 0.368. The van der Waals surface area contributed by atoms with Gasteiger partial charge in [0, 0.05) is 37.1 Å². The molecule has 1 amide bonds. The molecule has 0 radical (unpaired) electrons. The molecule has 2 heterocycles. The van der Waals surface area contributed by atoms with E-state index in [0.717, 1.165) is 12.8 Å². The Morgan fingerprint density at radius 3 is 2.52 bits per heavy atom. The van der Waals surface area contributed by atoms with Crippen molar-refractivity contribution in [3.63, 3.8) is 0 Å². The summed E-state index contributed by atoms with van der Waals surface area (Å²) in [5.74, 6) is 0.207. The number of nitrogens with zero attached hydrogens (tertiary/aromatic N) is 2. The summed E-state index contributed by atoms with van der Waals surface area (Å²) in [5, 5.41) is 0. The summed E-state index contributed by atoms with van der Waals surface area (Å²) in [6, 6.07) is 9.19. The van der Waals surface area contributed by atoms with Gasteiger partial charge in [0.1, 0.15) is 0 Å². The van der Waals surface area contributed by atoms with Crippen molar-refractivity contribution in [2.45, 2.75) is 30.7 Å². The molecule has 27 heavy (non-hydrogen) atoms. The number of likely N-dealkylation sites (tertiary alicyclic amines) is 1. The van der Waals surface area contributed by atoms with E-state index in [1.807, 2.05) is 6.92 Å². The van der Waals surface area contributed by atoms with Crippen molar-refractivity contribution in [1.29, 1.82) is 0 Å². The third-order valence-corrected chi connectivity index (χ3v) is 6.23. The molecule has 1 saturated heterocycles. The third kappa shape index (κ3) is 4.64. The molecular formula is C19H24N4O3S. The summed E-state index contributed by atoms with van der Waals surface area (Å²) in [6.07, 6.45) is 4.97. The molecule has 7 nitrogen and oxygen atoms in total. The highest BCUT2D eigenvalue weighted by Gasteiger charge is 2.26. The number of carbonyl (C=O) groups is 1. The highest BCUT2D eigenvalue weighted by Crippen LogP contribution is 2.22. The number of nitrogens with two attached hydrogens (primary N) is 1. The lowest BCUT2D eigenvalue weighted by Crippen LogP contribution is -2.45. The van der Waals surface area contributed by atoms with Crippen molar-refractivity contribution < 1.29 is 13.2 Å². The number of nitrogens with one attached hydrogen (secondary N) is 1. The van der Waals surface area contributed by atoms with E-state index in [2.05, 4.69) is 9.71 Å². The molecule has 0 aliphatic carbocycles. The Morgan fingerprint density at radius 1 is 1.22 bits per heavy atom. The van der Waals surface area contributed by atoms with Gasteiger partial charge < -0.3 is 10.6 Å². The monoisotopic (exact) mass is 388 g/mol. The molecule has 2 atom stereocenters. The van der Waals surface area contributed by atoms with E-state index in [0.29, 0.717) is 30.3 Å². The normalized spacial score (nSPS) is 18.7. The van der Waals surface area contributed by atoms with E-state index >= 15 is 0 Å². The number of rotatable bonds is 5. The molecule has 0 spiro atoms. The number of benzene rings is 1. The van der Waals surface area contributed by atoms with Gasteiger partial charge in [-0.2, -0.15) is 0 Å². The van der Waals surface area contributed by atoms with Crippen molar-refractivity contribution in [3.8, 4) is 0 Å². The second kappa shape index (κ2) is 8.06. The van der Waals surface area contributed by atoms with Gasteiger partial charge in [-0.3, -0.25) is 14.5 Å². The number of anilines is 1. The van der Waals surface area contributed by atoms with Crippen molar-refractivity contribution in [2.75, 3.05) is 17.8 Å². The Kier molecular flexibility index (Phi) is 5.76. The van der Waals surface area contributed by atoms with Crippen molar-refractivity contribution >= 4 is 21.6 Å². The van der Waals surface area contributed by atoms with Gasteiger partial charge in [-0.05, 0) is 62.1 Å². The van der Waals surface area contributed by atoms with E-state index in [1.165, 1.54) is 24.5 Å². The van der Waals surface area contributed by atoms with Gasteiger partial charge in [-0.1, -0.05) is 0 Å². The number of hydrogen-bond donors (Lipinski definition) is 2. The first kappa shape index (κ1) is 19.3. The second-order valence-electron chi connectivity index (χ2n) is 6.88. The van der Waals surface area contributed by atoms with Crippen LogP contribution in [-0.4, -0.2) is 43.3 Å². The van der Waals surface area contributed by atoms with E-state index in [4.69, 9.17) is 5.73 Å². The van der Waals surface area contributed by atoms with Gasteiger partial charge in [0.2, 0.25) is 0 Å². The van der Waals surface area contributed by atoms with Gasteiger partial charge in [-0.15, -0.1) is 0 Å². The summed E-state index contributed by atoms with van der Waals surface area (Å²) >= 11 is 0. The maximum Gasteiger partial charge on any atom is 0.261 e. The van der Waals surface area contributed by atoms with Crippen molar-refractivity contribution in [3.05, 3.63) is 54.4 Å². The molecule has 8 heteroatoms. The van der Waals surface area contributed by atoms with Crippen LogP contribution in [0.4, 0.5) is 5.69 Å². The van der Waals surface area contributed by atoms with Crippen LogP contribution in [-0.2, 0) is 10.0 Å². The quantitative estimate of drug-likeness (QED) is 0.816. The topological polar surface area (TPSA) is 105 Å². The SMILES string of the molecule is CC(N)C1CCCN(C(=O)c2ccc(S(=O)(=O)Nc3ccncc3)cc2)C1. The molecule has 144 valence electrons. The number of piperidine rings is 1. The Balaban J connectivity index is 1.72. The maximum absolute atomic E-state index is 12.7. The van der Waals surface area contributed by atoms with Crippen LogP contribution in [0.15, 0.2) is 53.7 Å². The molecule has 1 aromatic heterocycles. The van der Waals surface area contributed by atoms with Crippen LogP contribution in [0.25, 0.3) is 0 Å². The first-order chi connectivity index (χ1) is 12.9. The lowest BCUT2D eigenvalue weighted by molar-refractivity contribution is 0.0661. The summed E-state index contributed by atoms with van der Waals surface area (Å²) < 4.78 is 27.4. The summed E-state index contributed by atoms with van der Waals surface area (Å²) in [4.78, 5) is 18.5. The molecule has 0 saturated carbocycles. The number of aromatic nitrogens is 1. The first-order valence-electron chi connectivity index (χ1n) is 8.94. The highest BCUT2D eigenvalue weighted by molar-refractivity contribution is 7.92. The van der Waals surface area contributed by atoms with Crippen LogP contribution in [0.5, 0.6) is 0 Å². The van der Waals surface area contributed by atoms with Crippen LogP contribution >= 0.6 is 0 Å². The minimum Gasteiger partial charge on any atom is -0.338 e. The molecule has 1 fully saturated rings. The van der Waals surface area contributed by atoms with Gasteiger partial charge in [0.25, 0.3) is 15.9 Å². The zero-order valence-electron chi connectivity index (χ0n) is 15.2. The minimum atomic E-state index is -3.72. The van der Waals surface area contributed by atoms with Crippen LogP contribution in [0.3, 0.4) is 0 Å². The van der Waals surface area contributed by atoms with Crippen LogP contribution in [0, 0.1) is 5.92 Å². The molecule has 1 aliphatic heterocycles. The minimum absolute atomic E-state index is 0.0485.